The molecule has 0 aliphatic carbocycles. The largest absolute Gasteiger partial charge is 0.481 e. The lowest BCUT2D eigenvalue weighted by atomic mass is 9.81. The van der Waals surface area contributed by atoms with Crippen molar-refractivity contribution in [1.29, 1.82) is 0 Å². The molecule has 2 unspecified atom stereocenters. The van der Waals surface area contributed by atoms with Crippen LogP contribution in [0.5, 0.6) is 0 Å². The number of carboxylic acid groups (broad SMARTS) is 1. The fourth-order valence-corrected chi connectivity index (χ4v) is 2.10. The van der Waals surface area contributed by atoms with Crippen LogP contribution in [0.15, 0.2) is 0 Å². The maximum Gasteiger partial charge on any atom is 0.311 e. The number of carbonyl (C=O) groups excluding carboxylic acids is 1. The average Bonchev–Trinajstić information content (AvgIpc) is 2.28. The number of aliphatic carboxylic acids is 1. The van der Waals surface area contributed by atoms with Crippen LogP contribution in [0.4, 0.5) is 0 Å². The molecular weight excluding hydrogens is 220 g/mol. The Morgan fingerprint density at radius 3 is 2.59 bits per heavy atom. The minimum atomic E-state index is -0.892. The molecule has 98 valence electrons. The SMILES string of the molecule is CCC(C)(N)C(=O)N1CCCC(C)(C(=O)O)C1. The highest BCUT2D eigenvalue weighted by atomic mass is 16.4. The van der Waals surface area contributed by atoms with Crippen molar-refractivity contribution in [2.24, 2.45) is 11.1 Å². The molecule has 1 heterocycles. The molecule has 1 aliphatic heterocycles. The first-order valence-corrected chi connectivity index (χ1v) is 6.04. The second-order valence-electron chi connectivity index (χ2n) is 5.47. The number of carbonyl (C=O) groups is 2. The molecule has 0 saturated carbocycles. The smallest absolute Gasteiger partial charge is 0.311 e. The van der Waals surface area contributed by atoms with Gasteiger partial charge in [-0.25, -0.2) is 0 Å². The van der Waals surface area contributed by atoms with E-state index in [9.17, 15) is 14.7 Å². The van der Waals surface area contributed by atoms with Gasteiger partial charge in [0, 0.05) is 13.1 Å². The maximum atomic E-state index is 12.2. The number of likely N-dealkylation sites (tertiary alicyclic amines) is 1. The van der Waals surface area contributed by atoms with E-state index >= 15 is 0 Å². The van der Waals surface area contributed by atoms with Crippen molar-refractivity contribution in [3.05, 3.63) is 0 Å². The zero-order chi connectivity index (χ0) is 13.3. The topological polar surface area (TPSA) is 83.6 Å². The van der Waals surface area contributed by atoms with E-state index < -0.39 is 16.9 Å². The van der Waals surface area contributed by atoms with Crippen LogP contribution in [0.3, 0.4) is 0 Å². The van der Waals surface area contributed by atoms with Crippen LogP contribution in [0.25, 0.3) is 0 Å². The number of nitrogens with two attached hydrogens (primary N) is 1. The van der Waals surface area contributed by atoms with E-state index in [1.165, 1.54) is 0 Å². The fraction of sp³-hybridized carbons (Fsp3) is 0.833. The van der Waals surface area contributed by atoms with E-state index in [2.05, 4.69) is 0 Å². The molecule has 1 amide bonds. The number of hydrogen-bond acceptors (Lipinski definition) is 3. The fourth-order valence-electron chi connectivity index (χ4n) is 2.10. The molecule has 1 rings (SSSR count). The summed E-state index contributed by atoms with van der Waals surface area (Å²) in [5, 5.41) is 9.19. The standard InChI is InChI=1S/C12H22N2O3/c1-4-12(3,13)9(15)14-7-5-6-11(2,8-14)10(16)17/h4-8,13H2,1-3H3,(H,16,17). The molecule has 0 aromatic carbocycles. The maximum absolute atomic E-state index is 12.2. The molecule has 17 heavy (non-hydrogen) atoms. The summed E-state index contributed by atoms with van der Waals surface area (Å²) in [5.74, 6) is -0.989. The Balaban J connectivity index is 2.81. The molecule has 0 aromatic heterocycles. The van der Waals surface area contributed by atoms with E-state index in [4.69, 9.17) is 5.73 Å². The zero-order valence-electron chi connectivity index (χ0n) is 10.8. The molecule has 5 heteroatoms. The molecule has 1 aliphatic rings. The Kier molecular flexibility index (Phi) is 3.81. The monoisotopic (exact) mass is 242 g/mol. The number of carboxylic acids is 1. The molecule has 0 aromatic rings. The van der Waals surface area contributed by atoms with Crippen molar-refractivity contribution in [2.45, 2.75) is 45.6 Å². The summed E-state index contributed by atoms with van der Waals surface area (Å²) in [6.07, 6.45) is 1.87. The summed E-state index contributed by atoms with van der Waals surface area (Å²) >= 11 is 0. The number of rotatable bonds is 3. The number of amides is 1. The summed E-state index contributed by atoms with van der Waals surface area (Å²) in [6, 6.07) is 0. The van der Waals surface area contributed by atoms with Gasteiger partial charge in [-0.1, -0.05) is 6.92 Å². The Morgan fingerprint density at radius 1 is 1.53 bits per heavy atom. The van der Waals surface area contributed by atoms with Crippen molar-refractivity contribution in [3.8, 4) is 0 Å². The molecule has 1 fully saturated rings. The minimum absolute atomic E-state index is 0.146. The highest BCUT2D eigenvalue weighted by Gasteiger charge is 2.42. The molecule has 2 atom stereocenters. The van der Waals surface area contributed by atoms with Gasteiger partial charge < -0.3 is 15.7 Å². The van der Waals surface area contributed by atoms with Gasteiger partial charge in [0.05, 0.1) is 11.0 Å². The van der Waals surface area contributed by atoms with E-state index in [0.29, 0.717) is 25.8 Å². The highest BCUT2D eigenvalue weighted by Crippen LogP contribution is 2.30. The first kappa shape index (κ1) is 14.0. The summed E-state index contributed by atoms with van der Waals surface area (Å²) in [7, 11) is 0. The lowest BCUT2D eigenvalue weighted by Gasteiger charge is -2.40. The average molecular weight is 242 g/mol. The van der Waals surface area contributed by atoms with E-state index in [-0.39, 0.29) is 12.5 Å². The Hall–Kier alpha value is -1.10. The summed E-state index contributed by atoms with van der Waals surface area (Å²) in [6.45, 7) is 6.11. The molecule has 0 bridgehead atoms. The van der Waals surface area contributed by atoms with Crippen molar-refractivity contribution >= 4 is 11.9 Å². The van der Waals surface area contributed by atoms with E-state index in [1.807, 2.05) is 6.92 Å². The summed E-state index contributed by atoms with van der Waals surface area (Å²) in [5.41, 5.74) is 4.19. The van der Waals surface area contributed by atoms with Crippen molar-refractivity contribution in [1.82, 2.24) is 4.90 Å². The van der Waals surface area contributed by atoms with Crippen LogP contribution in [0, 0.1) is 5.41 Å². The van der Waals surface area contributed by atoms with Crippen LogP contribution in [-0.4, -0.2) is 40.5 Å². The third kappa shape index (κ3) is 2.77. The van der Waals surface area contributed by atoms with E-state index in [0.717, 1.165) is 0 Å². The molecular formula is C12H22N2O3. The van der Waals surface area contributed by atoms with Crippen LogP contribution in [-0.2, 0) is 9.59 Å². The van der Waals surface area contributed by atoms with Crippen LogP contribution in [0.2, 0.25) is 0 Å². The second-order valence-corrected chi connectivity index (χ2v) is 5.47. The third-order valence-corrected chi connectivity index (χ3v) is 3.72. The second kappa shape index (κ2) is 4.64. The lowest BCUT2D eigenvalue weighted by molar-refractivity contribution is -0.154. The first-order chi connectivity index (χ1) is 7.73. The van der Waals surface area contributed by atoms with Crippen LogP contribution >= 0.6 is 0 Å². The van der Waals surface area contributed by atoms with Crippen molar-refractivity contribution in [3.63, 3.8) is 0 Å². The van der Waals surface area contributed by atoms with Crippen LogP contribution < -0.4 is 5.73 Å². The lowest BCUT2D eigenvalue weighted by Crippen LogP contribution is -2.57. The molecule has 0 spiro atoms. The van der Waals surface area contributed by atoms with Gasteiger partial charge in [-0.05, 0) is 33.1 Å². The first-order valence-electron chi connectivity index (χ1n) is 6.04. The predicted molar refractivity (Wildman–Crippen MR) is 64.4 cm³/mol. The van der Waals surface area contributed by atoms with Gasteiger partial charge in [-0.15, -0.1) is 0 Å². The van der Waals surface area contributed by atoms with Gasteiger partial charge in [0.25, 0.3) is 0 Å². The third-order valence-electron chi connectivity index (χ3n) is 3.72. The molecule has 5 nitrogen and oxygen atoms in total. The molecule has 3 N–H and O–H groups in total. The van der Waals surface area contributed by atoms with E-state index in [1.54, 1.807) is 18.7 Å². The Labute approximate surface area is 102 Å². The van der Waals surface area contributed by atoms with Crippen molar-refractivity contribution < 1.29 is 14.7 Å². The number of hydrogen-bond donors (Lipinski definition) is 2. The zero-order valence-corrected chi connectivity index (χ0v) is 10.8. The van der Waals surface area contributed by atoms with Crippen molar-refractivity contribution in [2.75, 3.05) is 13.1 Å². The van der Waals surface area contributed by atoms with Gasteiger partial charge >= 0.3 is 5.97 Å². The highest BCUT2D eigenvalue weighted by molar-refractivity contribution is 5.86. The number of piperidine rings is 1. The molecule has 1 saturated heterocycles. The Bertz CT molecular complexity index is 328. The molecule has 0 radical (unpaired) electrons. The van der Waals surface area contributed by atoms with Gasteiger partial charge in [-0.2, -0.15) is 0 Å². The number of nitrogens with zero attached hydrogens (tertiary/aromatic N) is 1. The van der Waals surface area contributed by atoms with Gasteiger partial charge in [0.2, 0.25) is 5.91 Å². The summed E-state index contributed by atoms with van der Waals surface area (Å²) < 4.78 is 0. The summed E-state index contributed by atoms with van der Waals surface area (Å²) in [4.78, 5) is 25.0. The van der Waals surface area contributed by atoms with Crippen LogP contribution in [0.1, 0.15) is 40.0 Å². The van der Waals surface area contributed by atoms with Gasteiger partial charge in [0.15, 0.2) is 0 Å². The van der Waals surface area contributed by atoms with Gasteiger partial charge in [0.1, 0.15) is 0 Å². The normalized spacial score (nSPS) is 28.6. The predicted octanol–water partition coefficient (Wildman–Crippen LogP) is 0.827. The Morgan fingerprint density at radius 2 is 2.12 bits per heavy atom. The van der Waals surface area contributed by atoms with Gasteiger partial charge in [-0.3, -0.25) is 9.59 Å². The minimum Gasteiger partial charge on any atom is -0.481 e. The quantitative estimate of drug-likeness (QED) is 0.767.